The first kappa shape index (κ1) is 35.2. The molecule has 0 saturated carbocycles. The maximum Gasteiger partial charge on any atom is 0.269 e. The van der Waals surface area contributed by atoms with Crippen molar-refractivity contribution in [3.8, 4) is 11.5 Å². The molecule has 3 N–H and O–H groups in total. The monoisotopic (exact) mass is 602 g/mol. The zero-order chi connectivity index (χ0) is 30.7. The lowest BCUT2D eigenvalue weighted by atomic mass is 9.85. The van der Waals surface area contributed by atoms with E-state index in [1.54, 1.807) is 14.2 Å². The van der Waals surface area contributed by atoms with Crippen molar-refractivity contribution < 1.29 is 23.5 Å². The van der Waals surface area contributed by atoms with Crippen LogP contribution in [0.2, 0.25) is 0 Å². The molecular formula is C32H50N4O5S. The summed E-state index contributed by atoms with van der Waals surface area (Å²) < 4.78 is 36.6. The Morgan fingerprint density at radius 3 is 2.29 bits per heavy atom. The van der Waals surface area contributed by atoms with Gasteiger partial charge in [0.25, 0.3) is 11.2 Å². The van der Waals surface area contributed by atoms with Crippen molar-refractivity contribution in [1.82, 2.24) is 10.6 Å². The van der Waals surface area contributed by atoms with E-state index in [1.807, 2.05) is 38.1 Å². The van der Waals surface area contributed by atoms with Crippen LogP contribution in [0.1, 0.15) is 58.1 Å². The molecule has 1 aliphatic heterocycles. The van der Waals surface area contributed by atoms with Gasteiger partial charge in [-0.3, -0.25) is 0 Å². The molecule has 1 heterocycles. The number of aliphatic hydroxyl groups excluding tert-OH is 1. The molecule has 0 aromatic heterocycles. The summed E-state index contributed by atoms with van der Waals surface area (Å²) in [6, 6.07) is 16.2. The molecule has 2 aromatic rings. The average molecular weight is 603 g/mol. The summed E-state index contributed by atoms with van der Waals surface area (Å²) in [4.78, 5) is 0. The third-order valence-electron chi connectivity index (χ3n) is 6.91. The van der Waals surface area contributed by atoms with E-state index in [1.165, 1.54) is 11.1 Å². The standard InChI is InChI=1S/C30H44N4O5S.C2H6/c1-22(2)25(19-24-11-14-27(38-4)28(20-24)39-18-8-17-37-3)12-13-26(35)21-32-30-29(33-40(36)34-30)31-16-15-23-9-6-5-7-10-23;1-2/h5-7,9-11,14,20,22,25-26,35H,8,12-13,15-19,21H2,1-4H3,(H,31,33)(H,32,34);1-2H3. The van der Waals surface area contributed by atoms with E-state index in [2.05, 4.69) is 57.5 Å². The van der Waals surface area contributed by atoms with Crippen LogP contribution in [-0.4, -0.2) is 67.6 Å². The molecule has 234 valence electrons. The van der Waals surface area contributed by atoms with Crippen LogP contribution in [0.3, 0.4) is 0 Å². The van der Waals surface area contributed by atoms with E-state index in [0.29, 0.717) is 56.2 Å². The van der Waals surface area contributed by atoms with Crippen LogP contribution < -0.4 is 20.1 Å². The molecule has 3 rings (SSSR count). The van der Waals surface area contributed by atoms with Crippen LogP contribution in [-0.2, 0) is 28.8 Å². The van der Waals surface area contributed by atoms with Crippen molar-refractivity contribution in [2.45, 2.75) is 65.9 Å². The highest BCUT2D eigenvalue weighted by molar-refractivity contribution is 7.83. The van der Waals surface area contributed by atoms with Gasteiger partial charge in [-0.05, 0) is 60.8 Å². The molecule has 0 bridgehead atoms. The van der Waals surface area contributed by atoms with E-state index >= 15 is 0 Å². The van der Waals surface area contributed by atoms with Gasteiger partial charge in [0.15, 0.2) is 23.2 Å². The Balaban J connectivity index is 0.00000301. The summed E-state index contributed by atoms with van der Waals surface area (Å²) in [7, 11) is 3.33. The van der Waals surface area contributed by atoms with E-state index in [0.717, 1.165) is 37.2 Å². The summed E-state index contributed by atoms with van der Waals surface area (Å²) in [6.07, 6.45) is 3.43. The zero-order valence-corrected chi connectivity index (χ0v) is 26.9. The molecule has 10 heteroatoms. The summed E-state index contributed by atoms with van der Waals surface area (Å²) >= 11 is -1.65. The first-order chi connectivity index (χ1) is 20.4. The average Bonchev–Trinajstić information content (AvgIpc) is 3.36. The molecule has 3 unspecified atom stereocenters. The number of hydrogen-bond donors (Lipinski definition) is 3. The largest absolute Gasteiger partial charge is 0.493 e. The van der Waals surface area contributed by atoms with Gasteiger partial charge in [-0.1, -0.05) is 64.1 Å². The Kier molecular flexibility index (Phi) is 16.8. The van der Waals surface area contributed by atoms with Gasteiger partial charge < -0.3 is 30.0 Å². The number of methoxy groups -OCH3 is 2. The van der Waals surface area contributed by atoms with Gasteiger partial charge in [0, 0.05) is 33.2 Å². The topological polar surface area (TPSA) is 114 Å². The fraction of sp³-hybridized carbons (Fsp3) is 0.562. The second-order valence-corrected chi connectivity index (χ2v) is 11.1. The van der Waals surface area contributed by atoms with Crippen LogP contribution in [0.5, 0.6) is 11.5 Å². The lowest BCUT2D eigenvalue weighted by Crippen LogP contribution is -2.42. The minimum atomic E-state index is -1.65. The molecule has 0 aliphatic carbocycles. The first-order valence-electron chi connectivity index (χ1n) is 15.0. The Morgan fingerprint density at radius 1 is 0.905 bits per heavy atom. The normalized spacial score (nSPS) is 15.7. The van der Waals surface area contributed by atoms with Gasteiger partial charge in [-0.25, -0.2) is 4.21 Å². The van der Waals surface area contributed by atoms with Gasteiger partial charge in [0.2, 0.25) is 0 Å². The van der Waals surface area contributed by atoms with Gasteiger partial charge in [0.1, 0.15) is 0 Å². The molecule has 9 nitrogen and oxygen atoms in total. The molecule has 0 fully saturated rings. The number of rotatable bonds is 17. The summed E-state index contributed by atoms with van der Waals surface area (Å²) in [5.41, 5.74) is 2.39. The third kappa shape index (κ3) is 12.5. The van der Waals surface area contributed by atoms with E-state index in [4.69, 9.17) is 14.2 Å². The maximum absolute atomic E-state index is 11.9. The maximum atomic E-state index is 11.9. The van der Waals surface area contributed by atoms with Crippen LogP contribution in [0, 0.1) is 11.8 Å². The molecule has 2 aromatic carbocycles. The smallest absolute Gasteiger partial charge is 0.269 e. The number of nitrogens with one attached hydrogen (secondary N) is 2. The van der Waals surface area contributed by atoms with Gasteiger partial charge in [-0.15, -0.1) is 8.80 Å². The van der Waals surface area contributed by atoms with Crippen molar-refractivity contribution >= 4 is 22.8 Å². The predicted octanol–water partition coefficient (Wildman–Crippen LogP) is 4.90. The highest BCUT2D eigenvalue weighted by Crippen LogP contribution is 2.31. The second kappa shape index (κ2) is 20.0. The molecule has 0 radical (unpaired) electrons. The zero-order valence-electron chi connectivity index (χ0n) is 26.1. The minimum Gasteiger partial charge on any atom is -0.493 e. The number of nitrogens with zero attached hydrogens (tertiary/aromatic N) is 2. The van der Waals surface area contributed by atoms with Gasteiger partial charge in [0.05, 0.1) is 19.8 Å². The second-order valence-electron chi connectivity index (χ2n) is 10.3. The number of hydrogen-bond acceptors (Lipinski definition) is 7. The number of ether oxygens (including phenoxy) is 3. The molecule has 0 amide bonds. The Hall–Kier alpha value is -2.95. The fourth-order valence-corrected chi connectivity index (χ4v) is 5.16. The third-order valence-corrected chi connectivity index (χ3v) is 7.58. The minimum absolute atomic E-state index is 0.308. The summed E-state index contributed by atoms with van der Waals surface area (Å²) in [5, 5.41) is 17.1. The summed E-state index contributed by atoms with van der Waals surface area (Å²) in [6.45, 7) is 10.6. The Morgan fingerprint density at radius 2 is 1.62 bits per heavy atom. The molecule has 3 atom stereocenters. The van der Waals surface area contributed by atoms with Gasteiger partial charge in [-0.2, -0.15) is 0 Å². The SMILES string of the molecule is CC.COCCCOc1cc(CC(CCC(O)CNC2=NS(=O)N=C2NCCc2ccccc2)C(C)C)ccc1OC. The molecular weight excluding hydrogens is 552 g/mol. The van der Waals surface area contributed by atoms with Crippen molar-refractivity contribution in [3.05, 3.63) is 59.7 Å². The number of aliphatic hydroxyl groups is 1. The van der Waals surface area contributed by atoms with Crippen LogP contribution in [0.15, 0.2) is 57.3 Å². The Labute approximate surface area is 254 Å². The molecule has 1 aliphatic rings. The number of benzene rings is 2. The van der Waals surface area contributed by atoms with E-state index in [9.17, 15) is 9.32 Å². The van der Waals surface area contributed by atoms with Crippen molar-refractivity contribution in [3.63, 3.8) is 0 Å². The Bertz CT molecular complexity index is 1130. The molecule has 0 spiro atoms. The van der Waals surface area contributed by atoms with E-state index < -0.39 is 17.3 Å². The lowest BCUT2D eigenvalue weighted by Gasteiger charge is -2.23. The van der Waals surface area contributed by atoms with Crippen LogP contribution >= 0.6 is 0 Å². The van der Waals surface area contributed by atoms with Crippen LogP contribution in [0.25, 0.3) is 0 Å². The molecule has 0 saturated heterocycles. The highest BCUT2D eigenvalue weighted by atomic mass is 32.2. The van der Waals surface area contributed by atoms with E-state index in [-0.39, 0.29) is 0 Å². The summed E-state index contributed by atoms with van der Waals surface area (Å²) in [5.74, 6) is 3.20. The fourth-order valence-electron chi connectivity index (χ4n) is 4.51. The van der Waals surface area contributed by atoms with Gasteiger partial charge >= 0.3 is 0 Å². The lowest BCUT2D eigenvalue weighted by molar-refractivity contribution is 0.152. The highest BCUT2D eigenvalue weighted by Gasteiger charge is 2.21. The quantitative estimate of drug-likeness (QED) is 0.221. The van der Waals surface area contributed by atoms with Crippen molar-refractivity contribution in [1.29, 1.82) is 0 Å². The molecule has 42 heavy (non-hydrogen) atoms. The number of amidine groups is 2. The van der Waals surface area contributed by atoms with Crippen molar-refractivity contribution in [2.75, 3.05) is 40.5 Å². The van der Waals surface area contributed by atoms with Crippen LogP contribution in [0.4, 0.5) is 0 Å². The predicted molar refractivity (Wildman–Crippen MR) is 173 cm³/mol. The first-order valence-corrected chi connectivity index (χ1v) is 16.0. The van der Waals surface area contributed by atoms with Crippen molar-refractivity contribution in [2.24, 2.45) is 20.6 Å².